The lowest BCUT2D eigenvalue weighted by atomic mass is 9.98. The van der Waals surface area contributed by atoms with Gasteiger partial charge >= 0.3 is 0 Å². The van der Waals surface area contributed by atoms with Crippen LogP contribution in [-0.2, 0) is 4.74 Å². The summed E-state index contributed by atoms with van der Waals surface area (Å²) in [5.41, 5.74) is 1.53. The number of nitrogens with one attached hydrogen (secondary N) is 1. The summed E-state index contributed by atoms with van der Waals surface area (Å²) in [5, 5.41) is 3.59. The highest BCUT2D eigenvalue weighted by Gasteiger charge is 2.22. The largest absolute Gasteiger partial charge is 0.380 e. The molecule has 1 atom stereocenters. The molecule has 1 fully saturated rings. The van der Waals surface area contributed by atoms with E-state index in [0.29, 0.717) is 5.92 Å². The maximum absolute atomic E-state index is 5.90. The molecule has 106 valence electrons. The second-order valence-corrected chi connectivity index (χ2v) is 6.72. The number of hydrogen-bond acceptors (Lipinski definition) is 2. The monoisotopic (exact) mass is 261 g/mol. The predicted molar refractivity (Wildman–Crippen MR) is 80.5 cm³/mol. The summed E-state index contributed by atoms with van der Waals surface area (Å²) in [6, 6.07) is 10.7. The third-order valence-electron chi connectivity index (χ3n) is 3.52. The molecule has 0 spiro atoms. The molecule has 2 nitrogen and oxygen atoms in total. The van der Waals surface area contributed by atoms with Gasteiger partial charge in [-0.15, -0.1) is 0 Å². The molecule has 1 aliphatic carbocycles. The summed E-state index contributed by atoms with van der Waals surface area (Å²) >= 11 is 0. The highest BCUT2D eigenvalue weighted by Crippen LogP contribution is 2.29. The molecule has 1 aromatic carbocycles. The smallest absolute Gasteiger partial charge is 0.0547 e. The van der Waals surface area contributed by atoms with Crippen LogP contribution in [0.1, 0.15) is 45.1 Å². The van der Waals surface area contributed by atoms with Gasteiger partial charge in [0.1, 0.15) is 0 Å². The van der Waals surface area contributed by atoms with Crippen molar-refractivity contribution in [1.29, 1.82) is 0 Å². The van der Waals surface area contributed by atoms with Crippen LogP contribution in [0.4, 0.5) is 0 Å². The molecule has 1 unspecified atom stereocenters. The van der Waals surface area contributed by atoms with Gasteiger partial charge in [-0.1, -0.05) is 30.3 Å². The fraction of sp³-hybridized carbons (Fsp3) is 0.647. The van der Waals surface area contributed by atoms with Gasteiger partial charge in [0.25, 0.3) is 0 Å². The molecule has 0 saturated heterocycles. The topological polar surface area (TPSA) is 21.3 Å². The standard InChI is InChI=1S/C17H27NO/c1-17(2,3)18-11-16(13-19-12-14-9-10-14)15-7-5-4-6-8-15/h4-8,14,16,18H,9-13H2,1-3H3. The Balaban J connectivity index is 1.87. The van der Waals surface area contributed by atoms with Crippen LogP contribution in [0.15, 0.2) is 30.3 Å². The second kappa shape index (κ2) is 6.53. The Morgan fingerprint density at radius 1 is 1.21 bits per heavy atom. The van der Waals surface area contributed by atoms with E-state index in [1.54, 1.807) is 0 Å². The van der Waals surface area contributed by atoms with Gasteiger partial charge < -0.3 is 10.1 Å². The van der Waals surface area contributed by atoms with Gasteiger partial charge in [-0.3, -0.25) is 0 Å². The van der Waals surface area contributed by atoms with Crippen molar-refractivity contribution in [2.45, 2.75) is 45.1 Å². The molecule has 0 amide bonds. The van der Waals surface area contributed by atoms with Crippen molar-refractivity contribution in [3.63, 3.8) is 0 Å². The van der Waals surface area contributed by atoms with Crippen LogP contribution in [0.3, 0.4) is 0 Å². The van der Waals surface area contributed by atoms with Gasteiger partial charge in [-0.25, -0.2) is 0 Å². The average Bonchev–Trinajstić information content (AvgIpc) is 3.17. The minimum atomic E-state index is 0.156. The molecule has 1 N–H and O–H groups in total. The highest BCUT2D eigenvalue weighted by molar-refractivity contribution is 5.20. The zero-order chi connectivity index (χ0) is 13.7. The average molecular weight is 261 g/mol. The van der Waals surface area contributed by atoms with Crippen LogP contribution in [0.2, 0.25) is 0 Å². The zero-order valence-corrected chi connectivity index (χ0v) is 12.5. The van der Waals surface area contributed by atoms with Crippen molar-refractivity contribution >= 4 is 0 Å². The predicted octanol–water partition coefficient (Wildman–Crippen LogP) is 3.58. The molecule has 2 rings (SSSR count). The van der Waals surface area contributed by atoms with Gasteiger partial charge in [0, 0.05) is 24.6 Å². The summed E-state index contributed by atoms with van der Waals surface area (Å²) in [5.74, 6) is 1.28. The van der Waals surface area contributed by atoms with Crippen molar-refractivity contribution < 1.29 is 4.74 Å². The zero-order valence-electron chi connectivity index (χ0n) is 12.5. The summed E-state index contributed by atoms with van der Waals surface area (Å²) in [6.45, 7) is 9.36. The van der Waals surface area contributed by atoms with Gasteiger partial charge in [0.15, 0.2) is 0 Å². The van der Waals surface area contributed by atoms with Crippen LogP contribution < -0.4 is 5.32 Å². The SMILES string of the molecule is CC(C)(C)NCC(COCC1CC1)c1ccccc1. The molecule has 0 aromatic heterocycles. The third kappa shape index (κ3) is 5.75. The highest BCUT2D eigenvalue weighted by atomic mass is 16.5. The van der Waals surface area contributed by atoms with Crippen molar-refractivity contribution in [2.24, 2.45) is 5.92 Å². The van der Waals surface area contributed by atoms with Crippen molar-refractivity contribution in [3.05, 3.63) is 35.9 Å². The molecule has 0 heterocycles. The first-order chi connectivity index (χ1) is 9.04. The fourth-order valence-electron chi connectivity index (χ4n) is 2.09. The fourth-order valence-corrected chi connectivity index (χ4v) is 2.09. The molecule has 1 saturated carbocycles. The molecule has 0 aliphatic heterocycles. The van der Waals surface area contributed by atoms with E-state index in [4.69, 9.17) is 4.74 Å². The Hall–Kier alpha value is -0.860. The third-order valence-corrected chi connectivity index (χ3v) is 3.52. The Morgan fingerprint density at radius 2 is 1.89 bits per heavy atom. The molecule has 1 aliphatic rings. The second-order valence-electron chi connectivity index (χ2n) is 6.72. The number of rotatable bonds is 7. The first-order valence-corrected chi connectivity index (χ1v) is 7.42. The van der Waals surface area contributed by atoms with Gasteiger partial charge in [-0.05, 0) is 45.1 Å². The van der Waals surface area contributed by atoms with E-state index in [9.17, 15) is 0 Å². The minimum Gasteiger partial charge on any atom is -0.380 e. The first kappa shape index (κ1) is 14.5. The number of ether oxygens (including phenoxy) is 1. The van der Waals surface area contributed by atoms with Crippen LogP contribution in [0.5, 0.6) is 0 Å². The van der Waals surface area contributed by atoms with Crippen molar-refractivity contribution in [2.75, 3.05) is 19.8 Å². The first-order valence-electron chi connectivity index (χ1n) is 7.42. The molecule has 1 aromatic rings. The van der Waals surface area contributed by atoms with Crippen LogP contribution in [0, 0.1) is 5.92 Å². The van der Waals surface area contributed by atoms with Crippen molar-refractivity contribution in [1.82, 2.24) is 5.32 Å². The minimum absolute atomic E-state index is 0.156. The summed E-state index contributed by atoms with van der Waals surface area (Å²) < 4.78 is 5.90. The van der Waals surface area contributed by atoms with Gasteiger partial charge in [0.2, 0.25) is 0 Å². The van der Waals surface area contributed by atoms with Crippen molar-refractivity contribution in [3.8, 4) is 0 Å². The maximum Gasteiger partial charge on any atom is 0.0547 e. The van der Waals surface area contributed by atoms with E-state index < -0.39 is 0 Å². The van der Waals surface area contributed by atoms with E-state index in [2.05, 4.69) is 56.4 Å². The molecule has 0 bridgehead atoms. The van der Waals surface area contributed by atoms with E-state index in [1.165, 1.54) is 18.4 Å². The van der Waals surface area contributed by atoms with Crippen LogP contribution in [-0.4, -0.2) is 25.3 Å². The summed E-state index contributed by atoms with van der Waals surface area (Å²) in [4.78, 5) is 0. The van der Waals surface area contributed by atoms with E-state index >= 15 is 0 Å². The molecular weight excluding hydrogens is 234 g/mol. The summed E-state index contributed by atoms with van der Waals surface area (Å²) in [6.07, 6.45) is 2.71. The Labute approximate surface area is 117 Å². The maximum atomic E-state index is 5.90. The Bertz CT molecular complexity index is 365. The van der Waals surface area contributed by atoms with E-state index in [0.717, 1.165) is 25.7 Å². The van der Waals surface area contributed by atoms with E-state index in [1.807, 2.05) is 0 Å². The van der Waals surface area contributed by atoms with Crippen LogP contribution in [0.25, 0.3) is 0 Å². The molecule has 0 radical (unpaired) electrons. The lowest BCUT2D eigenvalue weighted by Gasteiger charge is -2.25. The number of hydrogen-bond donors (Lipinski definition) is 1. The van der Waals surface area contributed by atoms with Gasteiger partial charge in [-0.2, -0.15) is 0 Å². The normalized spacial score (nSPS) is 17.4. The lowest BCUT2D eigenvalue weighted by molar-refractivity contribution is 0.108. The molecule has 2 heteroatoms. The molecular formula is C17H27NO. The van der Waals surface area contributed by atoms with Crippen LogP contribution >= 0.6 is 0 Å². The van der Waals surface area contributed by atoms with E-state index in [-0.39, 0.29) is 5.54 Å². The quantitative estimate of drug-likeness (QED) is 0.810. The molecule has 19 heavy (non-hydrogen) atoms. The van der Waals surface area contributed by atoms with Gasteiger partial charge in [0.05, 0.1) is 6.61 Å². The Morgan fingerprint density at radius 3 is 2.47 bits per heavy atom. The lowest BCUT2D eigenvalue weighted by Crippen LogP contribution is -2.39. The summed E-state index contributed by atoms with van der Waals surface area (Å²) in [7, 11) is 0. The Kier molecular flexibility index (Phi) is 5.00. The number of benzene rings is 1.